The maximum absolute atomic E-state index is 13.4. The number of hydrogen-bond donors (Lipinski definition) is 1. The molecule has 2 unspecified atom stereocenters. The van der Waals surface area contributed by atoms with Gasteiger partial charge in [-0.25, -0.2) is 4.39 Å². The Morgan fingerprint density at radius 2 is 2.33 bits per heavy atom. The number of rotatable bonds is 2. The number of halogens is 2. The predicted octanol–water partition coefficient (Wildman–Crippen LogP) is 3.79. The fourth-order valence-electron chi connectivity index (χ4n) is 1.73. The maximum Gasteiger partial charge on any atom is 0.146 e. The van der Waals surface area contributed by atoms with Gasteiger partial charge in [-0.1, -0.05) is 18.5 Å². The third-order valence-corrected chi connectivity index (χ3v) is 4.21. The van der Waals surface area contributed by atoms with E-state index < -0.39 is 0 Å². The number of hydrogen-bond acceptors (Lipinski definition) is 2. The zero-order chi connectivity index (χ0) is 10.8. The Hall–Kier alpha value is -0.410. The number of benzene rings is 1. The van der Waals surface area contributed by atoms with Crippen LogP contribution in [0.3, 0.4) is 0 Å². The lowest BCUT2D eigenvalue weighted by molar-refractivity contribution is 0.622. The van der Waals surface area contributed by atoms with E-state index in [4.69, 9.17) is 11.6 Å². The van der Waals surface area contributed by atoms with Crippen LogP contribution in [0.1, 0.15) is 13.3 Å². The average molecular weight is 246 g/mol. The van der Waals surface area contributed by atoms with Crippen molar-refractivity contribution in [2.75, 3.05) is 11.1 Å². The van der Waals surface area contributed by atoms with Crippen LogP contribution in [0.25, 0.3) is 0 Å². The van der Waals surface area contributed by atoms with Crippen molar-refractivity contribution in [2.45, 2.75) is 24.6 Å². The van der Waals surface area contributed by atoms with Crippen molar-refractivity contribution in [1.82, 2.24) is 0 Å². The Kier molecular flexibility index (Phi) is 3.42. The molecule has 1 heterocycles. The van der Waals surface area contributed by atoms with Crippen LogP contribution in [-0.4, -0.2) is 17.0 Å². The van der Waals surface area contributed by atoms with Gasteiger partial charge >= 0.3 is 0 Å². The summed E-state index contributed by atoms with van der Waals surface area (Å²) < 4.78 is 13.4. The summed E-state index contributed by atoms with van der Waals surface area (Å²) in [6.07, 6.45) is 1.08. The quantitative estimate of drug-likeness (QED) is 0.851. The van der Waals surface area contributed by atoms with Crippen molar-refractivity contribution in [2.24, 2.45) is 0 Å². The molecule has 1 saturated heterocycles. The minimum Gasteiger partial charge on any atom is -0.379 e. The van der Waals surface area contributed by atoms with Gasteiger partial charge in [0, 0.05) is 16.3 Å². The van der Waals surface area contributed by atoms with E-state index in [0.717, 1.165) is 12.2 Å². The van der Waals surface area contributed by atoms with Crippen molar-refractivity contribution in [3.05, 3.63) is 29.0 Å². The van der Waals surface area contributed by atoms with Gasteiger partial charge in [0.25, 0.3) is 0 Å². The number of anilines is 1. The molecular formula is C11H13ClFNS. The van der Waals surface area contributed by atoms with Crippen molar-refractivity contribution in [3.8, 4) is 0 Å². The first-order chi connectivity index (χ1) is 7.16. The van der Waals surface area contributed by atoms with Gasteiger partial charge in [-0.3, -0.25) is 0 Å². The van der Waals surface area contributed by atoms with Crippen LogP contribution in [0, 0.1) is 5.82 Å². The van der Waals surface area contributed by atoms with Gasteiger partial charge in [-0.2, -0.15) is 11.8 Å². The summed E-state index contributed by atoms with van der Waals surface area (Å²) in [7, 11) is 0. The Morgan fingerprint density at radius 3 is 3.00 bits per heavy atom. The summed E-state index contributed by atoms with van der Waals surface area (Å²) in [5.41, 5.74) is 0.516. The van der Waals surface area contributed by atoms with Crippen LogP contribution in [0.2, 0.25) is 5.02 Å². The van der Waals surface area contributed by atoms with E-state index in [9.17, 15) is 4.39 Å². The largest absolute Gasteiger partial charge is 0.379 e. The molecule has 1 fully saturated rings. The zero-order valence-electron chi connectivity index (χ0n) is 8.47. The summed E-state index contributed by atoms with van der Waals surface area (Å²) in [6, 6.07) is 4.96. The topological polar surface area (TPSA) is 12.0 Å². The van der Waals surface area contributed by atoms with Crippen LogP contribution in [0.15, 0.2) is 18.2 Å². The fourth-order valence-corrected chi connectivity index (χ4v) is 3.10. The average Bonchev–Trinajstić information content (AvgIpc) is 2.58. The summed E-state index contributed by atoms with van der Waals surface area (Å²) in [6.45, 7) is 2.16. The van der Waals surface area contributed by atoms with Crippen LogP contribution < -0.4 is 5.32 Å². The standard InChI is InChI=1S/C11H13ClFNS/c1-7-10(4-5-15-7)14-11-6-8(12)2-3-9(11)13/h2-3,6-7,10,14H,4-5H2,1H3. The molecule has 2 atom stereocenters. The first-order valence-corrected chi connectivity index (χ1v) is 6.42. The maximum atomic E-state index is 13.4. The van der Waals surface area contributed by atoms with E-state index in [1.807, 2.05) is 11.8 Å². The Labute approximate surface area is 98.4 Å². The molecule has 1 N–H and O–H groups in total. The third kappa shape index (κ3) is 2.58. The molecule has 0 amide bonds. The van der Waals surface area contributed by atoms with E-state index in [2.05, 4.69) is 12.2 Å². The van der Waals surface area contributed by atoms with Crippen molar-refractivity contribution in [3.63, 3.8) is 0 Å². The molecule has 1 aliphatic heterocycles. The molecule has 2 rings (SSSR count). The summed E-state index contributed by atoms with van der Waals surface area (Å²) in [4.78, 5) is 0. The zero-order valence-corrected chi connectivity index (χ0v) is 10.0. The second kappa shape index (κ2) is 4.62. The second-order valence-corrected chi connectivity index (χ2v) is 5.66. The summed E-state index contributed by atoms with van der Waals surface area (Å²) >= 11 is 7.74. The molecule has 15 heavy (non-hydrogen) atoms. The highest BCUT2D eigenvalue weighted by atomic mass is 35.5. The van der Waals surface area contributed by atoms with E-state index in [1.54, 1.807) is 12.1 Å². The van der Waals surface area contributed by atoms with Gasteiger partial charge in [-0.05, 0) is 30.4 Å². The highest BCUT2D eigenvalue weighted by Crippen LogP contribution is 2.30. The highest BCUT2D eigenvalue weighted by molar-refractivity contribution is 8.00. The van der Waals surface area contributed by atoms with Gasteiger partial charge in [-0.15, -0.1) is 0 Å². The Balaban J connectivity index is 2.12. The first kappa shape index (κ1) is 11.1. The smallest absolute Gasteiger partial charge is 0.146 e. The minimum absolute atomic E-state index is 0.233. The molecule has 0 aromatic heterocycles. The molecule has 0 bridgehead atoms. The monoisotopic (exact) mass is 245 g/mol. The van der Waals surface area contributed by atoms with E-state index >= 15 is 0 Å². The normalized spacial score (nSPS) is 25.5. The Morgan fingerprint density at radius 1 is 1.53 bits per heavy atom. The fraction of sp³-hybridized carbons (Fsp3) is 0.455. The molecule has 0 saturated carbocycles. The molecule has 82 valence electrons. The van der Waals surface area contributed by atoms with Crippen LogP contribution >= 0.6 is 23.4 Å². The van der Waals surface area contributed by atoms with Crippen molar-refractivity contribution in [1.29, 1.82) is 0 Å². The molecule has 1 aromatic rings. The highest BCUT2D eigenvalue weighted by Gasteiger charge is 2.24. The lowest BCUT2D eigenvalue weighted by Crippen LogP contribution is -2.25. The van der Waals surface area contributed by atoms with Gasteiger partial charge in [0.2, 0.25) is 0 Å². The third-order valence-electron chi connectivity index (χ3n) is 2.65. The van der Waals surface area contributed by atoms with Gasteiger partial charge in [0.05, 0.1) is 5.69 Å². The molecular weight excluding hydrogens is 233 g/mol. The van der Waals surface area contributed by atoms with Gasteiger partial charge < -0.3 is 5.32 Å². The van der Waals surface area contributed by atoms with Crippen LogP contribution in [-0.2, 0) is 0 Å². The molecule has 1 aliphatic rings. The lowest BCUT2D eigenvalue weighted by Gasteiger charge is -2.18. The Bertz CT molecular complexity index is 358. The van der Waals surface area contributed by atoms with Crippen LogP contribution in [0.4, 0.5) is 10.1 Å². The molecule has 1 nitrogen and oxygen atoms in total. The molecule has 4 heteroatoms. The summed E-state index contributed by atoms with van der Waals surface area (Å²) in [5.74, 6) is 0.907. The van der Waals surface area contributed by atoms with E-state index in [0.29, 0.717) is 22.0 Å². The lowest BCUT2D eigenvalue weighted by atomic mass is 10.1. The van der Waals surface area contributed by atoms with Crippen LogP contribution in [0.5, 0.6) is 0 Å². The molecule has 1 aromatic carbocycles. The van der Waals surface area contributed by atoms with Gasteiger partial charge in [0.1, 0.15) is 5.82 Å². The minimum atomic E-state index is -0.233. The van der Waals surface area contributed by atoms with E-state index in [-0.39, 0.29) is 5.82 Å². The second-order valence-electron chi connectivity index (χ2n) is 3.74. The van der Waals surface area contributed by atoms with Gasteiger partial charge in [0.15, 0.2) is 0 Å². The number of nitrogens with one attached hydrogen (secondary N) is 1. The van der Waals surface area contributed by atoms with E-state index in [1.165, 1.54) is 6.07 Å². The number of thioether (sulfide) groups is 1. The molecule has 0 spiro atoms. The SMILES string of the molecule is CC1SCCC1Nc1cc(Cl)ccc1F. The van der Waals surface area contributed by atoms with Crippen molar-refractivity contribution >= 4 is 29.1 Å². The molecule has 0 aliphatic carbocycles. The predicted molar refractivity (Wildman–Crippen MR) is 65.4 cm³/mol. The van der Waals surface area contributed by atoms with Crippen molar-refractivity contribution < 1.29 is 4.39 Å². The summed E-state index contributed by atoms with van der Waals surface area (Å²) in [5, 5.41) is 4.32. The molecule has 0 radical (unpaired) electrons. The first-order valence-electron chi connectivity index (χ1n) is 5.00.